The number of fused-ring (bicyclic) bond motifs is 1. The van der Waals surface area contributed by atoms with E-state index >= 15 is 0 Å². The van der Waals surface area contributed by atoms with E-state index in [0.29, 0.717) is 6.54 Å². The number of aromatic nitrogens is 2. The monoisotopic (exact) mass is 316 g/mol. The zero-order valence-electron chi connectivity index (χ0n) is 13.7. The molecule has 3 heteroatoms. The molecule has 0 N–H and O–H groups in total. The molecule has 2 aromatic heterocycles. The summed E-state index contributed by atoms with van der Waals surface area (Å²) >= 11 is 0. The van der Waals surface area contributed by atoms with Crippen molar-refractivity contribution in [1.29, 1.82) is 0 Å². The number of nitrogens with zero attached hydrogens (tertiary/aromatic N) is 2. The van der Waals surface area contributed by atoms with Crippen LogP contribution in [0.3, 0.4) is 0 Å². The van der Waals surface area contributed by atoms with Crippen molar-refractivity contribution < 1.29 is 4.42 Å². The third kappa shape index (κ3) is 2.62. The van der Waals surface area contributed by atoms with Crippen LogP contribution in [-0.2, 0) is 6.54 Å². The quantitative estimate of drug-likeness (QED) is 0.505. The van der Waals surface area contributed by atoms with Gasteiger partial charge >= 0.3 is 0 Å². The second-order valence-corrected chi connectivity index (χ2v) is 6.00. The topological polar surface area (TPSA) is 31.0 Å². The Morgan fingerprint density at radius 3 is 2.50 bits per heavy atom. The highest BCUT2D eigenvalue weighted by Crippen LogP contribution is 2.30. The highest BCUT2D eigenvalue weighted by Gasteiger charge is 2.21. The van der Waals surface area contributed by atoms with Crippen molar-refractivity contribution in [3.63, 3.8) is 0 Å². The van der Waals surface area contributed by atoms with Gasteiger partial charge in [0.15, 0.2) is 0 Å². The molecule has 1 atom stereocenters. The highest BCUT2D eigenvalue weighted by molar-refractivity contribution is 5.76. The standard InChI is InChI=1S/C21H20N2O/c1-2-18(16-9-4-3-5-10-16)21-22-19-12-6-7-13-20(19)23(21)15-17-11-8-14-24-17/h3-14,18H,2,15H2,1H3. The molecule has 3 nitrogen and oxygen atoms in total. The molecule has 0 fully saturated rings. The molecule has 0 aliphatic heterocycles. The minimum absolute atomic E-state index is 0.272. The SMILES string of the molecule is CCC(c1ccccc1)c1nc2ccccc2n1Cc1ccco1. The van der Waals surface area contributed by atoms with Crippen LogP contribution in [0.15, 0.2) is 77.4 Å². The van der Waals surface area contributed by atoms with Gasteiger partial charge in [-0.1, -0.05) is 49.4 Å². The number of hydrogen-bond acceptors (Lipinski definition) is 2. The first kappa shape index (κ1) is 14.8. The Bertz CT molecular complexity index is 923. The van der Waals surface area contributed by atoms with E-state index in [2.05, 4.69) is 60.0 Å². The molecule has 0 radical (unpaired) electrons. The van der Waals surface area contributed by atoms with Crippen molar-refractivity contribution in [3.05, 3.63) is 90.1 Å². The molecular formula is C21H20N2O. The van der Waals surface area contributed by atoms with Gasteiger partial charge in [-0.2, -0.15) is 0 Å². The maximum absolute atomic E-state index is 5.58. The van der Waals surface area contributed by atoms with Gasteiger partial charge < -0.3 is 8.98 Å². The zero-order valence-corrected chi connectivity index (χ0v) is 13.7. The lowest BCUT2D eigenvalue weighted by atomic mass is 9.95. The fourth-order valence-electron chi connectivity index (χ4n) is 3.34. The predicted molar refractivity (Wildman–Crippen MR) is 96.1 cm³/mol. The Morgan fingerprint density at radius 2 is 1.75 bits per heavy atom. The molecule has 2 aromatic carbocycles. The minimum Gasteiger partial charge on any atom is -0.467 e. The van der Waals surface area contributed by atoms with Gasteiger partial charge in [-0.3, -0.25) is 0 Å². The van der Waals surface area contributed by atoms with E-state index in [4.69, 9.17) is 9.40 Å². The van der Waals surface area contributed by atoms with Crippen LogP contribution in [0.1, 0.15) is 36.4 Å². The maximum atomic E-state index is 5.58. The fourth-order valence-corrected chi connectivity index (χ4v) is 3.34. The van der Waals surface area contributed by atoms with Crippen molar-refractivity contribution >= 4 is 11.0 Å². The summed E-state index contributed by atoms with van der Waals surface area (Å²) in [5.74, 6) is 2.32. The smallest absolute Gasteiger partial charge is 0.123 e. The molecule has 0 saturated carbocycles. The minimum atomic E-state index is 0.272. The number of hydrogen-bond donors (Lipinski definition) is 0. The van der Waals surface area contributed by atoms with Crippen LogP contribution in [0.2, 0.25) is 0 Å². The Labute approximate surface area is 141 Å². The fraction of sp³-hybridized carbons (Fsp3) is 0.190. The van der Waals surface area contributed by atoms with Crippen LogP contribution in [0, 0.1) is 0 Å². The Morgan fingerprint density at radius 1 is 0.958 bits per heavy atom. The number of furan rings is 1. The van der Waals surface area contributed by atoms with Gasteiger partial charge in [-0.25, -0.2) is 4.98 Å². The average molecular weight is 316 g/mol. The zero-order chi connectivity index (χ0) is 16.4. The summed E-state index contributed by atoms with van der Waals surface area (Å²) in [6, 6.07) is 22.9. The summed E-state index contributed by atoms with van der Waals surface area (Å²) in [4.78, 5) is 4.96. The highest BCUT2D eigenvalue weighted by atomic mass is 16.3. The summed E-state index contributed by atoms with van der Waals surface area (Å²) in [6.07, 6.45) is 2.73. The Hall–Kier alpha value is -2.81. The molecule has 4 aromatic rings. The first-order valence-electron chi connectivity index (χ1n) is 8.39. The predicted octanol–water partition coefficient (Wildman–Crippen LogP) is 5.22. The number of rotatable bonds is 5. The maximum Gasteiger partial charge on any atom is 0.123 e. The van der Waals surface area contributed by atoms with E-state index < -0.39 is 0 Å². The van der Waals surface area contributed by atoms with Crippen molar-refractivity contribution in [2.24, 2.45) is 0 Å². The summed E-state index contributed by atoms with van der Waals surface area (Å²) in [7, 11) is 0. The number of para-hydroxylation sites is 2. The first-order chi connectivity index (χ1) is 11.9. The molecule has 0 bridgehead atoms. The number of imidazole rings is 1. The lowest BCUT2D eigenvalue weighted by Gasteiger charge is -2.17. The van der Waals surface area contributed by atoms with E-state index in [1.807, 2.05) is 18.2 Å². The molecule has 4 rings (SSSR count). The van der Waals surface area contributed by atoms with Crippen molar-refractivity contribution in [2.75, 3.05) is 0 Å². The molecule has 0 saturated heterocycles. The molecule has 0 aliphatic carbocycles. The van der Waals surface area contributed by atoms with Crippen molar-refractivity contribution in [1.82, 2.24) is 9.55 Å². The van der Waals surface area contributed by atoms with E-state index in [0.717, 1.165) is 29.0 Å². The van der Waals surface area contributed by atoms with Crippen molar-refractivity contribution in [2.45, 2.75) is 25.8 Å². The van der Waals surface area contributed by atoms with Crippen LogP contribution >= 0.6 is 0 Å². The van der Waals surface area contributed by atoms with Crippen molar-refractivity contribution in [3.8, 4) is 0 Å². The number of benzene rings is 2. The Kier molecular flexibility index (Phi) is 3.91. The van der Waals surface area contributed by atoms with Crippen LogP contribution in [0.25, 0.3) is 11.0 Å². The van der Waals surface area contributed by atoms with Gasteiger partial charge in [-0.15, -0.1) is 0 Å². The van der Waals surface area contributed by atoms with E-state index in [1.165, 1.54) is 5.56 Å². The molecule has 0 aliphatic rings. The third-order valence-corrected chi connectivity index (χ3v) is 4.50. The molecular weight excluding hydrogens is 296 g/mol. The third-order valence-electron chi connectivity index (χ3n) is 4.50. The Balaban J connectivity index is 1.87. The van der Waals surface area contributed by atoms with Crippen LogP contribution in [-0.4, -0.2) is 9.55 Å². The summed E-state index contributed by atoms with van der Waals surface area (Å²) in [6.45, 7) is 2.92. The van der Waals surface area contributed by atoms with E-state index in [1.54, 1.807) is 6.26 Å². The summed E-state index contributed by atoms with van der Waals surface area (Å²) < 4.78 is 7.87. The largest absolute Gasteiger partial charge is 0.467 e. The average Bonchev–Trinajstić information content (AvgIpc) is 3.26. The van der Waals surface area contributed by atoms with Gasteiger partial charge in [0.1, 0.15) is 11.6 Å². The molecule has 120 valence electrons. The van der Waals surface area contributed by atoms with E-state index in [9.17, 15) is 0 Å². The first-order valence-corrected chi connectivity index (χ1v) is 8.39. The van der Waals surface area contributed by atoms with Gasteiger partial charge in [0, 0.05) is 5.92 Å². The van der Waals surface area contributed by atoms with Crippen LogP contribution in [0.4, 0.5) is 0 Å². The molecule has 0 spiro atoms. The van der Waals surface area contributed by atoms with Crippen LogP contribution < -0.4 is 0 Å². The van der Waals surface area contributed by atoms with Crippen LogP contribution in [0.5, 0.6) is 0 Å². The second-order valence-electron chi connectivity index (χ2n) is 6.00. The lowest BCUT2D eigenvalue weighted by Crippen LogP contribution is -2.10. The van der Waals surface area contributed by atoms with Gasteiger partial charge in [-0.05, 0) is 36.2 Å². The van der Waals surface area contributed by atoms with Gasteiger partial charge in [0.25, 0.3) is 0 Å². The van der Waals surface area contributed by atoms with E-state index in [-0.39, 0.29) is 5.92 Å². The van der Waals surface area contributed by atoms with Gasteiger partial charge in [0.05, 0.1) is 23.8 Å². The molecule has 0 amide bonds. The molecule has 2 heterocycles. The lowest BCUT2D eigenvalue weighted by molar-refractivity contribution is 0.488. The summed E-state index contributed by atoms with van der Waals surface area (Å²) in [5, 5.41) is 0. The summed E-state index contributed by atoms with van der Waals surface area (Å²) in [5.41, 5.74) is 3.49. The molecule has 1 unspecified atom stereocenters. The van der Waals surface area contributed by atoms with Gasteiger partial charge in [0.2, 0.25) is 0 Å². The molecule has 24 heavy (non-hydrogen) atoms. The normalized spacial score (nSPS) is 12.5. The second kappa shape index (κ2) is 6.36.